The van der Waals surface area contributed by atoms with Crippen molar-refractivity contribution in [1.29, 1.82) is 0 Å². The number of amides is 1. The van der Waals surface area contributed by atoms with E-state index in [1.807, 2.05) is 13.8 Å². The Hall–Kier alpha value is -0.280. The Balaban J connectivity index is 2.54. The molecule has 0 aliphatic carbocycles. The number of carbonyl (C=O) groups is 1. The second-order valence-corrected chi connectivity index (χ2v) is 5.53. The maximum atomic E-state index is 12.0. The first kappa shape index (κ1) is 13.8. The van der Waals surface area contributed by atoms with Crippen molar-refractivity contribution in [2.75, 3.05) is 19.0 Å². The summed E-state index contributed by atoms with van der Waals surface area (Å²) in [6, 6.07) is 0.258. The summed E-state index contributed by atoms with van der Waals surface area (Å²) in [4.78, 5) is 12.0. The van der Waals surface area contributed by atoms with Crippen LogP contribution in [0.15, 0.2) is 0 Å². The van der Waals surface area contributed by atoms with Crippen molar-refractivity contribution in [2.24, 2.45) is 11.3 Å². The van der Waals surface area contributed by atoms with Gasteiger partial charge >= 0.3 is 0 Å². The van der Waals surface area contributed by atoms with Crippen LogP contribution in [0.25, 0.3) is 0 Å². The molecular weight excluding hydrogens is 224 g/mol. The van der Waals surface area contributed by atoms with E-state index in [0.29, 0.717) is 11.8 Å². The normalized spacial score (nSPS) is 26.5. The van der Waals surface area contributed by atoms with Gasteiger partial charge in [-0.2, -0.15) is 0 Å². The smallest absolute Gasteiger partial charge is 0.227 e. The lowest BCUT2D eigenvalue weighted by Gasteiger charge is -2.34. The summed E-state index contributed by atoms with van der Waals surface area (Å²) in [6.45, 7) is 7.88. The van der Waals surface area contributed by atoms with Gasteiger partial charge in [-0.05, 0) is 32.7 Å². The van der Waals surface area contributed by atoms with Crippen molar-refractivity contribution in [1.82, 2.24) is 10.6 Å². The van der Waals surface area contributed by atoms with Crippen LogP contribution in [0.3, 0.4) is 0 Å². The Morgan fingerprint density at radius 3 is 2.81 bits per heavy atom. The molecule has 1 saturated heterocycles. The van der Waals surface area contributed by atoms with Crippen molar-refractivity contribution in [3.05, 3.63) is 0 Å². The molecule has 0 aromatic heterocycles. The van der Waals surface area contributed by atoms with Crippen molar-refractivity contribution < 1.29 is 4.79 Å². The summed E-state index contributed by atoms with van der Waals surface area (Å²) >= 11 is 5.80. The second kappa shape index (κ2) is 5.87. The second-order valence-electron chi connectivity index (χ2n) is 5.26. The molecule has 0 aromatic carbocycles. The Morgan fingerprint density at radius 2 is 2.25 bits per heavy atom. The summed E-state index contributed by atoms with van der Waals surface area (Å²) < 4.78 is 0. The van der Waals surface area contributed by atoms with Crippen molar-refractivity contribution in [2.45, 2.75) is 39.7 Å². The van der Waals surface area contributed by atoms with Crippen molar-refractivity contribution >= 4 is 17.5 Å². The Labute approximate surface area is 103 Å². The minimum absolute atomic E-state index is 0.0645. The van der Waals surface area contributed by atoms with Gasteiger partial charge in [0, 0.05) is 18.5 Å². The molecule has 2 N–H and O–H groups in total. The average molecular weight is 247 g/mol. The number of nitrogens with one attached hydrogen (secondary N) is 2. The zero-order valence-electron chi connectivity index (χ0n) is 10.5. The fourth-order valence-corrected chi connectivity index (χ4v) is 2.12. The zero-order valence-corrected chi connectivity index (χ0v) is 11.2. The van der Waals surface area contributed by atoms with E-state index in [1.54, 1.807) is 0 Å². The van der Waals surface area contributed by atoms with Crippen LogP contribution in [0.4, 0.5) is 0 Å². The molecule has 2 atom stereocenters. The number of alkyl halides is 1. The van der Waals surface area contributed by atoms with E-state index >= 15 is 0 Å². The lowest BCUT2D eigenvalue weighted by molar-refractivity contribution is -0.129. The summed E-state index contributed by atoms with van der Waals surface area (Å²) in [7, 11) is 0. The molecule has 1 fully saturated rings. The molecule has 4 heteroatoms. The van der Waals surface area contributed by atoms with Crippen LogP contribution >= 0.6 is 11.6 Å². The van der Waals surface area contributed by atoms with Crippen LogP contribution in [0, 0.1) is 11.3 Å². The fourth-order valence-electron chi connectivity index (χ4n) is 1.99. The summed E-state index contributed by atoms with van der Waals surface area (Å²) in [5.74, 6) is 1.02. The molecule has 1 aliphatic heterocycles. The van der Waals surface area contributed by atoms with E-state index in [1.165, 1.54) is 0 Å². The molecule has 0 aromatic rings. The Kier molecular flexibility index (Phi) is 5.06. The largest absolute Gasteiger partial charge is 0.351 e. The first-order valence-electron chi connectivity index (χ1n) is 6.09. The predicted molar refractivity (Wildman–Crippen MR) is 67.7 cm³/mol. The molecule has 0 bridgehead atoms. The maximum Gasteiger partial charge on any atom is 0.227 e. The average Bonchev–Trinajstić information content (AvgIpc) is 2.29. The summed E-state index contributed by atoms with van der Waals surface area (Å²) in [5.41, 5.74) is -0.475. The molecular formula is C12H23ClN2O. The van der Waals surface area contributed by atoms with Gasteiger partial charge in [-0.3, -0.25) is 4.79 Å². The fraction of sp³-hybridized carbons (Fsp3) is 0.917. The van der Waals surface area contributed by atoms with Gasteiger partial charge in [0.25, 0.3) is 0 Å². The van der Waals surface area contributed by atoms with Gasteiger partial charge < -0.3 is 10.6 Å². The van der Waals surface area contributed by atoms with Crippen LogP contribution in [-0.4, -0.2) is 30.9 Å². The molecule has 1 heterocycles. The monoisotopic (exact) mass is 246 g/mol. The van der Waals surface area contributed by atoms with E-state index in [4.69, 9.17) is 11.6 Å². The van der Waals surface area contributed by atoms with Gasteiger partial charge in [-0.15, -0.1) is 11.6 Å². The molecule has 1 aliphatic rings. The lowest BCUT2D eigenvalue weighted by atomic mass is 9.88. The van der Waals surface area contributed by atoms with Crippen molar-refractivity contribution in [3.63, 3.8) is 0 Å². The van der Waals surface area contributed by atoms with Crippen LogP contribution < -0.4 is 10.6 Å². The number of rotatable bonds is 4. The van der Waals surface area contributed by atoms with Gasteiger partial charge in [-0.1, -0.05) is 13.3 Å². The van der Waals surface area contributed by atoms with Crippen molar-refractivity contribution in [3.8, 4) is 0 Å². The summed E-state index contributed by atoms with van der Waals surface area (Å²) in [6.07, 6.45) is 2.26. The predicted octanol–water partition coefficient (Wildman–Crippen LogP) is 1.76. The first-order chi connectivity index (χ1) is 7.51. The van der Waals surface area contributed by atoms with Crippen LogP contribution in [0.1, 0.15) is 33.6 Å². The number of hydrogen-bond donors (Lipinski definition) is 2. The van der Waals surface area contributed by atoms with E-state index in [-0.39, 0.29) is 11.9 Å². The number of piperidine rings is 1. The molecule has 1 amide bonds. The SMILES string of the molecule is CCC1CCNCC1NC(=O)C(C)(C)CCl. The third kappa shape index (κ3) is 3.36. The van der Waals surface area contributed by atoms with Gasteiger partial charge in [0.1, 0.15) is 0 Å². The third-order valence-corrected chi connectivity index (χ3v) is 4.08. The Morgan fingerprint density at radius 1 is 1.56 bits per heavy atom. The molecule has 0 saturated carbocycles. The van der Waals surface area contributed by atoms with Crippen LogP contribution in [0.5, 0.6) is 0 Å². The number of carbonyl (C=O) groups excluding carboxylic acids is 1. The molecule has 0 spiro atoms. The highest BCUT2D eigenvalue weighted by atomic mass is 35.5. The van der Waals surface area contributed by atoms with E-state index < -0.39 is 5.41 Å². The van der Waals surface area contributed by atoms with Crippen LogP contribution in [0.2, 0.25) is 0 Å². The van der Waals surface area contributed by atoms with E-state index in [9.17, 15) is 4.79 Å². The van der Waals surface area contributed by atoms with Crippen LogP contribution in [-0.2, 0) is 4.79 Å². The highest BCUT2D eigenvalue weighted by molar-refractivity contribution is 6.19. The Bertz CT molecular complexity index is 243. The highest BCUT2D eigenvalue weighted by Crippen LogP contribution is 2.21. The molecule has 16 heavy (non-hydrogen) atoms. The minimum Gasteiger partial charge on any atom is -0.351 e. The van der Waals surface area contributed by atoms with E-state index in [2.05, 4.69) is 17.6 Å². The first-order valence-corrected chi connectivity index (χ1v) is 6.62. The topological polar surface area (TPSA) is 41.1 Å². The quantitative estimate of drug-likeness (QED) is 0.743. The van der Waals surface area contributed by atoms with Gasteiger partial charge in [0.05, 0.1) is 5.41 Å². The molecule has 1 rings (SSSR count). The highest BCUT2D eigenvalue weighted by Gasteiger charge is 2.31. The van der Waals surface area contributed by atoms with Gasteiger partial charge in [0.15, 0.2) is 0 Å². The molecule has 2 unspecified atom stereocenters. The number of halogens is 1. The molecule has 0 radical (unpaired) electrons. The summed E-state index contributed by atoms with van der Waals surface area (Å²) in [5, 5.41) is 6.45. The number of hydrogen-bond acceptors (Lipinski definition) is 2. The molecule has 94 valence electrons. The lowest BCUT2D eigenvalue weighted by Crippen LogP contribution is -2.54. The zero-order chi connectivity index (χ0) is 12.2. The minimum atomic E-state index is -0.475. The standard InChI is InChI=1S/C12H23ClN2O/c1-4-9-5-6-14-7-10(9)15-11(16)12(2,3)8-13/h9-10,14H,4-8H2,1-3H3,(H,15,16). The van der Waals surface area contributed by atoms with Gasteiger partial charge in [0.2, 0.25) is 5.91 Å². The molecule has 3 nitrogen and oxygen atoms in total. The third-order valence-electron chi connectivity index (χ3n) is 3.41. The van der Waals surface area contributed by atoms with E-state index in [0.717, 1.165) is 25.9 Å². The van der Waals surface area contributed by atoms with Gasteiger partial charge in [-0.25, -0.2) is 0 Å². The maximum absolute atomic E-state index is 12.0.